The summed E-state index contributed by atoms with van der Waals surface area (Å²) in [7, 11) is 0. The number of hydrogen-bond acceptors (Lipinski definition) is 5. The standard InChI is InChI=1S/C14H15N3O3S/c1-2-9-5-3-4-6-10(9)20-8-12(18)17-14-16-7-11(21-14)13(15)19/h3-7H,2,8H2,1H3,(H2,15,19)(H,16,17,18). The lowest BCUT2D eigenvalue weighted by Crippen LogP contribution is -2.20. The minimum absolute atomic E-state index is 0.123. The maximum Gasteiger partial charge on any atom is 0.264 e. The Morgan fingerprint density at radius 3 is 2.81 bits per heavy atom. The third-order valence-electron chi connectivity index (χ3n) is 2.71. The molecule has 0 bridgehead atoms. The normalized spacial score (nSPS) is 10.1. The molecule has 2 rings (SSSR count). The number of benzene rings is 1. The topological polar surface area (TPSA) is 94.3 Å². The van der Waals surface area contributed by atoms with Gasteiger partial charge in [-0.05, 0) is 18.1 Å². The van der Waals surface area contributed by atoms with E-state index in [-0.39, 0.29) is 12.5 Å². The summed E-state index contributed by atoms with van der Waals surface area (Å²) in [6.07, 6.45) is 2.15. The van der Waals surface area contributed by atoms with Gasteiger partial charge in [0.05, 0.1) is 6.20 Å². The number of carbonyl (C=O) groups excluding carboxylic acids is 2. The molecular formula is C14H15N3O3S. The van der Waals surface area contributed by atoms with E-state index in [9.17, 15) is 9.59 Å². The summed E-state index contributed by atoms with van der Waals surface area (Å²) in [5.41, 5.74) is 6.16. The van der Waals surface area contributed by atoms with Gasteiger partial charge in [-0.1, -0.05) is 36.5 Å². The first kappa shape index (κ1) is 15.0. The number of amides is 2. The van der Waals surface area contributed by atoms with Crippen LogP contribution in [0.15, 0.2) is 30.5 Å². The Morgan fingerprint density at radius 1 is 1.38 bits per heavy atom. The molecule has 0 aliphatic heterocycles. The van der Waals surface area contributed by atoms with Crippen LogP contribution in [0.25, 0.3) is 0 Å². The lowest BCUT2D eigenvalue weighted by molar-refractivity contribution is -0.118. The van der Waals surface area contributed by atoms with E-state index >= 15 is 0 Å². The second-order valence-electron chi connectivity index (χ2n) is 4.19. The molecule has 0 spiro atoms. The van der Waals surface area contributed by atoms with Crippen LogP contribution in [0.2, 0.25) is 0 Å². The zero-order valence-electron chi connectivity index (χ0n) is 11.5. The first-order valence-corrected chi connectivity index (χ1v) is 7.18. The molecule has 0 radical (unpaired) electrons. The maximum absolute atomic E-state index is 11.8. The van der Waals surface area contributed by atoms with Crippen LogP contribution in [0.4, 0.5) is 5.13 Å². The van der Waals surface area contributed by atoms with Crippen molar-refractivity contribution in [1.82, 2.24) is 4.98 Å². The van der Waals surface area contributed by atoms with Gasteiger partial charge in [0, 0.05) is 0 Å². The van der Waals surface area contributed by atoms with Gasteiger partial charge in [-0.15, -0.1) is 0 Å². The van der Waals surface area contributed by atoms with Crippen LogP contribution >= 0.6 is 11.3 Å². The van der Waals surface area contributed by atoms with Crippen molar-refractivity contribution in [3.05, 3.63) is 40.9 Å². The average Bonchev–Trinajstić information content (AvgIpc) is 2.94. The van der Waals surface area contributed by atoms with Crippen molar-refractivity contribution >= 4 is 28.3 Å². The molecular weight excluding hydrogens is 290 g/mol. The minimum atomic E-state index is -0.568. The van der Waals surface area contributed by atoms with Crippen LogP contribution in [0.5, 0.6) is 5.75 Å². The number of aryl methyl sites for hydroxylation is 1. The van der Waals surface area contributed by atoms with E-state index in [0.29, 0.717) is 15.8 Å². The van der Waals surface area contributed by atoms with E-state index in [0.717, 1.165) is 23.3 Å². The highest BCUT2D eigenvalue weighted by molar-refractivity contribution is 7.17. The number of hydrogen-bond donors (Lipinski definition) is 2. The van der Waals surface area contributed by atoms with Gasteiger partial charge in [0.25, 0.3) is 11.8 Å². The van der Waals surface area contributed by atoms with Gasteiger partial charge in [-0.25, -0.2) is 4.98 Å². The zero-order valence-corrected chi connectivity index (χ0v) is 12.3. The molecule has 0 saturated heterocycles. The highest BCUT2D eigenvalue weighted by Gasteiger charge is 2.10. The quantitative estimate of drug-likeness (QED) is 0.851. The number of carbonyl (C=O) groups is 2. The van der Waals surface area contributed by atoms with Crippen LogP contribution in [0.3, 0.4) is 0 Å². The fourth-order valence-corrected chi connectivity index (χ4v) is 2.37. The number of aromatic nitrogens is 1. The lowest BCUT2D eigenvalue weighted by Gasteiger charge is -2.09. The molecule has 6 nitrogen and oxygen atoms in total. The van der Waals surface area contributed by atoms with Crippen molar-refractivity contribution in [2.75, 3.05) is 11.9 Å². The van der Waals surface area contributed by atoms with Gasteiger partial charge >= 0.3 is 0 Å². The molecule has 0 saturated carbocycles. The average molecular weight is 305 g/mol. The van der Waals surface area contributed by atoms with Crippen LogP contribution in [-0.4, -0.2) is 23.4 Å². The predicted molar refractivity (Wildman–Crippen MR) is 80.6 cm³/mol. The SMILES string of the molecule is CCc1ccccc1OCC(=O)Nc1ncc(C(N)=O)s1. The predicted octanol–water partition coefficient (Wildman–Crippen LogP) is 1.82. The number of nitrogens with one attached hydrogen (secondary N) is 1. The van der Waals surface area contributed by atoms with Crippen molar-refractivity contribution in [3.8, 4) is 5.75 Å². The van der Waals surface area contributed by atoms with E-state index in [2.05, 4.69) is 10.3 Å². The van der Waals surface area contributed by atoms with E-state index < -0.39 is 5.91 Å². The van der Waals surface area contributed by atoms with Gasteiger partial charge < -0.3 is 10.5 Å². The highest BCUT2D eigenvalue weighted by Crippen LogP contribution is 2.19. The number of rotatable bonds is 6. The summed E-state index contributed by atoms with van der Waals surface area (Å²) in [6.45, 7) is 1.89. The van der Waals surface area contributed by atoms with Crippen LogP contribution < -0.4 is 15.8 Å². The summed E-state index contributed by atoms with van der Waals surface area (Å²) >= 11 is 1.03. The van der Waals surface area contributed by atoms with Crippen molar-refractivity contribution in [3.63, 3.8) is 0 Å². The number of nitrogens with two attached hydrogens (primary N) is 1. The first-order chi connectivity index (χ1) is 10.1. The second kappa shape index (κ2) is 6.85. The van der Waals surface area contributed by atoms with E-state index in [1.165, 1.54) is 6.20 Å². The monoisotopic (exact) mass is 305 g/mol. The van der Waals surface area contributed by atoms with Crippen molar-refractivity contribution in [2.24, 2.45) is 5.73 Å². The molecule has 2 amide bonds. The summed E-state index contributed by atoms with van der Waals surface area (Å²) in [5.74, 6) is -0.223. The molecule has 1 aromatic heterocycles. The van der Waals surface area contributed by atoms with Crippen molar-refractivity contribution < 1.29 is 14.3 Å². The van der Waals surface area contributed by atoms with Gasteiger partial charge in [-0.2, -0.15) is 0 Å². The summed E-state index contributed by atoms with van der Waals surface area (Å²) in [6, 6.07) is 7.55. The number of para-hydroxylation sites is 1. The number of ether oxygens (including phenoxy) is 1. The largest absolute Gasteiger partial charge is 0.483 e. The number of anilines is 1. The fourth-order valence-electron chi connectivity index (χ4n) is 1.68. The van der Waals surface area contributed by atoms with Crippen molar-refractivity contribution in [1.29, 1.82) is 0 Å². The number of primary amides is 1. The summed E-state index contributed by atoms with van der Waals surface area (Å²) in [4.78, 5) is 26.9. The molecule has 7 heteroatoms. The molecule has 0 aliphatic carbocycles. The molecule has 0 unspecified atom stereocenters. The molecule has 21 heavy (non-hydrogen) atoms. The van der Waals surface area contributed by atoms with Gasteiger partial charge in [0.1, 0.15) is 10.6 Å². The van der Waals surface area contributed by atoms with Gasteiger partial charge in [-0.3, -0.25) is 14.9 Å². The highest BCUT2D eigenvalue weighted by atomic mass is 32.1. The van der Waals surface area contributed by atoms with Gasteiger partial charge in [0.2, 0.25) is 0 Å². The number of thiazole rings is 1. The van der Waals surface area contributed by atoms with E-state index in [1.807, 2.05) is 31.2 Å². The summed E-state index contributed by atoms with van der Waals surface area (Å²) < 4.78 is 5.49. The Balaban J connectivity index is 1.91. The van der Waals surface area contributed by atoms with Crippen molar-refractivity contribution in [2.45, 2.75) is 13.3 Å². The fraction of sp³-hybridized carbons (Fsp3) is 0.214. The molecule has 1 aromatic carbocycles. The van der Waals surface area contributed by atoms with Crippen LogP contribution in [-0.2, 0) is 11.2 Å². The molecule has 0 aliphatic rings. The molecule has 1 heterocycles. The smallest absolute Gasteiger partial charge is 0.264 e. The molecule has 2 aromatic rings. The minimum Gasteiger partial charge on any atom is -0.483 e. The Morgan fingerprint density at radius 2 is 2.14 bits per heavy atom. The zero-order chi connectivity index (χ0) is 15.2. The third-order valence-corrected chi connectivity index (χ3v) is 3.63. The molecule has 0 atom stereocenters. The van der Waals surface area contributed by atoms with Gasteiger partial charge in [0.15, 0.2) is 11.7 Å². The molecule has 110 valence electrons. The second-order valence-corrected chi connectivity index (χ2v) is 5.22. The Labute approximate surface area is 125 Å². The van der Waals surface area contributed by atoms with Crippen LogP contribution in [0, 0.1) is 0 Å². The number of nitrogens with zero attached hydrogens (tertiary/aromatic N) is 1. The molecule has 0 fully saturated rings. The third kappa shape index (κ3) is 4.03. The molecule has 3 N–H and O–H groups in total. The Kier molecular flexibility index (Phi) is 4.89. The maximum atomic E-state index is 11.8. The van der Waals surface area contributed by atoms with E-state index in [1.54, 1.807) is 0 Å². The lowest BCUT2D eigenvalue weighted by atomic mass is 10.1. The van der Waals surface area contributed by atoms with E-state index in [4.69, 9.17) is 10.5 Å². The Hall–Kier alpha value is -2.41. The Bertz CT molecular complexity index is 654. The first-order valence-electron chi connectivity index (χ1n) is 6.36. The van der Waals surface area contributed by atoms with Crippen LogP contribution in [0.1, 0.15) is 22.2 Å². The summed E-state index contributed by atoms with van der Waals surface area (Å²) in [5, 5.41) is 2.88.